The van der Waals surface area contributed by atoms with E-state index in [0.29, 0.717) is 27.7 Å². The van der Waals surface area contributed by atoms with Crippen molar-refractivity contribution in [2.45, 2.75) is 19.4 Å². The van der Waals surface area contributed by atoms with Gasteiger partial charge in [-0.2, -0.15) is 0 Å². The lowest BCUT2D eigenvalue weighted by Crippen LogP contribution is -2.27. The molecule has 4 heteroatoms. The maximum absolute atomic E-state index is 11.7. The Labute approximate surface area is 92.2 Å². The highest BCUT2D eigenvalue weighted by molar-refractivity contribution is 6.38. The molecule has 0 saturated carbocycles. The van der Waals surface area contributed by atoms with E-state index in [9.17, 15) is 4.79 Å². The number of hydrogen-bond donors (Lipinski definition) is 1. The molecule has 1 atom stereocenters. The normalized spacial score (nSPS) is 20.2. The molecule has 1 aromatic rings. The number of benzene rings is 1. The van der Waals surface area contributed by atoms with Crippen molar-refractivity contribution >= 4 is 34.7 Å². The summed E-state index contributed by atoms with van der Waals surface area (Å²) in [4.78, 5) is 11.7. The molecule has 14 heavy (non-hydrogen) atoms. The van der Waals surface area contributed by atoms with Crippen molar-refractivity contribution in [3.8, 4) is 0 Å². The minimum absolute atomic E-state index is 0.0544. The molecule has 74 valence electrons. The Morgan fingerprint density at radius 3 is 2.71 bits per heavy atom. The Kier molecular flexibility index (Phi) is 2.41. The van der Waals surface area contributed by atoms with Crippen molar-refractivity contribution in [1.29, 1.82) is 0 Å². The molecule has 0 aliphatic carbocycles. The minimum Gasteiger partial charge on any atom is -0.380 e. The molecule has 0 radical (unpaired) electrons. The first-order valence-electron chi connectivity index (χ1n) is 4.37. The number of hydrogen-bond acceptors (Lipinski definition) is 2. The third-order valence-electron chi connectivity index (χ3n) is 2.26. The molecule has 2 nitrogen and oxygen atoms in total. The van der Waals surface area contributed by atoms with E-state index >= 15 is 0 Å². The Morgan fingerprint density at radius 2 is 2.00 bits per heavy atom. The lowest BCUT2D eigenvalue weighted by molar-refractivity contribution is 0.0975. The number of fused-ring (bicyclic) bond motifs is 1. The molecule has 1 N–H and O–H groups in total. The number of Topliss-reactive ketones (excluding diaryl/α,β-unsaturated/α-hetero) is 1. The Hall–Kier alpha value is -0.730. The number of carbonyl (C=O) groups is 1. The van der Waals surface area contributed by atoms with Gasteiger partial charge in [-0.3, -0.25) is 4.79 Å². The lowest BCUT2D eigenvalue weighted by atomic mass is 9.97. The fourth-order valence-corrected chi connectivity index (χ4v) is 2.12. The lowest BCUT2D eigenvalue weighted by Gasteiger charge is -2.24. The van der Waals surface area contributed by atoms with Crippen LogP contribution in [0.2, 0.25) is 10.0 Å². The van der Waals surface area contributed by atoms with Crippen LogP contribution in [-0.4, -0.2) is 11.8 Å². The summed E-state index contributed by atoms with van der Waals surface area (Å²) in [6.07, 6.45) is 0.465. The van der Waals surface area contributed by atoms with Crippen molar-refractivity contribution in [2.24, 2.45) is 0 Å². The number of anilines is 1. The van der Waals surface area contributed by atoms with Gasteiger partial charge < -0.3 is 5.32 Å². The van der Waals surface area contributed by atoms with Crippen LogP contribution in [0, 0.1) is 0 Å². The van der Waals surface area contributed by atoms with Crippen LogP contribution in [0.5, 0.6) is 0 Å². The smallest absolute Gasteiger partial charge is 0.168 e. The van der Waals surface area contributed by atoms with Gasteiger partial charge in [0, 0.05) is 12.5 Å². The van der Waals surface area contributed by atoms with Gasteiger partial charge in [0.15, 0.2) is 5.78 Å². The van der Waals surface area contributed by atoms with E-state index in [1.165, 1.54) is 0 Å². The molecule has 0 bridgehead atoms. The number of halogens is 2. The second-order valence-electron chi connectivity index (χ2n) is 3.45. The minimum atomic E-state index is 0.0544. The zero-order chi connectivity index (χ0) is 10.3. The van der Waals surface area contributed by atoms with E-state index in [-0.39, 0.29) is 11.8 Å². The summed E-state index contributed by atoms with van der Waals surface area (Å²) < 4.78 is 0. The van der Waals surface area contributed by atoms with E-state index in [1.54, 1.807) is 12.1 Å². The molecule has 1 aliphatic rings. The SMILES string of the molecule is CC1CC(=O)c2c(Cl)ccc(Cl)c2N1. The van der Waals surface area contributed by atoms with Crippen LogP contribution in [0.3, 0.4) is 0 Å². The highest BCUT2D eigenvalue weighted by Crippen LogP contribution is 2.36. The van der Waals surface area contributed by atoms with Gasteiger partial charge >= 0.3 is 0 Å². The van der Waals surface area contributed by atoms with E-state index in [2.05, 4.69) is 5.32 Å². The summed E-state index contributed by atoms with van der Waals surface area (Å²) in [5.74, 6) is 0.0544. The van der Waals surface area contributed by atoms with Gasteiger partial charge in [-0.25, -0.2) is 0 Å². The summed E-state index contributed by atoms with van der Waals surface area (Å²) in [5.41, 5.74) is 1.19. The molecule has 2 rings (SSSR count). The third-order valence-corrected chi connectivity index (χ3v) is 2.89. The summed E-state index contributed by atoms with van der Waals surface area (Å²) in [6, 6.07) is 3.46. The molecule has 1 aromatic carbocycles. The van der Waals surface area contributed by atoms with Crippen molar-refractivity contribution < 1.29 is 4.79 Å². The fraction of sp³-hybridized carbons (Fsp3) is 0.300. The van der Waals surface area contributed by atoms with Crippen LogP contribution in [0.4, 0.5) is 5.69 Å². The van der Waals surface area contributed by atoms with Gasteiger partial charge in [0.1, 0.15) is 0 Å². The van der Waals surface area contributed by atoms with Crippen molar-refractivity contribution in [2.75, 3.05) is 5.32 Å². The number of nitrogens with one attached hydrogen (secondary N) is 1. The molecular weight excluding hydrogens is 221 g/mol. The third kappa shape index (κ3) is 1.49. The quantitative estimate of drug-likeness (QED) is 0.740. The van der Waals surface area contributed by atoms with Gasteiger partial charge in [-0.1, -0.05) is 23.2 Å². The fourth-order valence-electron chi connectivity index (χ4n) is 1.64. The Morgan fingerprint density at radius 1 is 1.36 bits per heavy atom. The first-order valence-corrected chi connectivity index (χ1v) is 5.13. The Balaban J connectivity index is 2.63. The van der Waals surface area contributed by atoms with Crippen LogP contribution in [0.25, 0.3) is 0 Å². The van der Waals surface area contributed by atoms with Gasteiger partial charge in [0.2, 0.25) is 0 Å². The Bertz CT molecular complexity index is 403. The van der Waals surface area contributed by atoms with E-state index in [0.717, 1.165) is 0 Å². The van der Waals surface area contributed by atoms with Crippen molar-refractivity contribution in [3.05, 3.63) is 27.7 Å². The van der Waals surface area contributed by atoms with E-state index in [4.69, 9.17) is 23.2 Å². The molecule has 1 heterocycles. The number of rotatable bonds is 0. The van der Waals surface area contributed by atoms with Gasteiger partial charge in [0.05, 0.1) is 21.3 Å². The maximum Gasteiger partial charge on any atom is 0.168 e. The topological polar surface area (TPSA) is 29.1 Å². The highest BCUT2D eigenvalue weighted by Gasteiger charge is 2.25. The van der Waals surface area contributed by atoms with Crippen LogP contribution < -0.4 is 5.32 Å². The van der Waals surface area contributed by atoms with Crippen molar-refractivity contribution in [3.63, 3.8) is 0 Å². The van der Waals surface area contributed by atoms with Gasteiger partial charge in [0.25, 0.3) is 0 Å². The zero-order valence-electron chi connectivity index (χ0n) is 7.60. The van der Waals surface area contributed by atoms with Gasteiger partial charge in [-0.15, -0.1) is 0 Å². The second kappa shape index (κ2) is 3.44. The summed E-state index contributed by atoms with van der Waals surface area (Å²) in [5, 5.41) is 4.17. The van der Waals surface area contributed by atoms with Crippen molar-refractivity contribution in [1.82, 2.24) is 0 Å². The molecule has 1 unspecified atom stereocenters. The van der Waals surface area contributed by atoms with Crippen LogP contribution in [0.15, 0.2) is 12.1 Å². The first kappa shape index (κ1) is 9.81. The van der Waals surface area contributed by atoms with E-state index < -0.39 is 0 Å². The molecule has 1 aliphatic heterocycles. The monoisotopic (exact) mass is 229 g/mol. The first-order chi connectivity index (χ1) is 6.59. The van der Waals surface area contributed by atoms with Crippen LogP contribution in [-0.2, 0) is 0 Å². The van der Waals surface area contributed by atoms with E-state index in [1.807, 2.05) is 6.92 Å². The number of ketones is 1. The molecule has 0 fully saturated rings. The van der Waals surface area contributed by atoms with Gasteiger partial charge in [-0.05, 0) is 19.1 Å². The molecule has 0 saturated heterocycles. The summed E-state index contributed by atoms with van der Waals surface area (Å²) >= 11 is 11.9. The molecule has 0 amide bonds. The van der Waals surface area contributed by atoms with Crippen LogP contribution >= 0.6 is 23.2 Å². The average molecular weight is 230 g/mol. The predicted octanol–water partition coefficient (Wildman–Crippen LogP) is 3.38. The highest BCUT2D eigenvalue weighted by atomic mass is 35.5. The van der Waals surface area contributed by atoms with Crippen LogP contribution in [0.1, 0.15) is 23.7 Å². The summed E-state index contributed by atoms with van der Waals surface area (Å²) in [6.45, 7) is 1.94. The molecule has 0 aromatic heterocycles. The predicted molar refractivity (Wildman–Crippen MR) is 58.5 cm³/mol. The number of carbonyl (C=O) groups excluding carboxylic acids is 1. The summed E-state index contributed by atoms with van der Waals surface area (Å²) in [7, 11) is 0. The molecular formula is C10H9Cl2NO. The second-order valence-corrected chi connectivity index (χ2v) is 4.27. The largest absolute Gasteiger partial charge is 0.380 e. The maximum atomic E-state index is 11.7. The average Bonchev–Trinajstić information content (AvgIpc) is 2.10. The molecule has 0 spiro atoms. The zero-order valence-corrected chi connectivity index (χ0v) is 9.12. The standard InChI is InChI=1S/C10H9Cl2NO/c1-5-4-8(14)9-6(11)2-3-7(12)10(9)13-5/h2-3,5,13H,4H2,1H3.